The molecule has 1 aromatic carbocycles. The first-order valence-electron chi connectivity index (χ1n) is 12.4. The first-order chi connectivity index (χ1) is 17.3. The summed E-state index contributed by atoms with van der Waals surface area (Å²) in [6.07, 6.45) is 2.03. The van der Waals surface area contributed by atoms with Crippen LogP contribution in [0.25, 0.3) is 0 Å². The van der Waals surface area contributed by atoms with E-state index in [1.807, 2.05) is 26.0 Å². The van der Waals surface area contributed by atoms with Crippen molar-refractivity contribution in [2.45, 2.75) is 64.0 Å². The standard InChI is InChI=1S/C26H35N5O5/c1-17(2)35-26(34)30-11-8-21(9-12-30)36-24-14-19(7-10-28-24)25(33)31(27)16-23(32)22-13-18-5-3-4-6-20(18)15-29-22/h3-7,10,14,17,21-23,29,32H,8-9,11-13,15-16,27H2,1-2H3/t22-,23+/m0/s1. The minimum Gasteiger partial charge on any atom is -0.474 e. The Morgan fingerprint density at radius 2 is 1.94 bits per heavy atom. The third-order valence-corrected chi connectivity index (χ3v) is 6.53. The monoisotopic (exact) mass is 497 g/mol. The number of rotatable bonds is 7. The molecule has 0 bridgehead atoms. The summed E-state index contributed by atoms with van der Waals surface area (Å²) >= 11 is 0. The highest BCUT2D eigenvalue weighted by Gasteiger charge is 2.28. The van der Waals surface area contributed by atoms with Crippen molar-refractivity contribution >= 4 is 12.0 Å². The van der Waals surface area contributed by atoms with Crippen LogP contribution in [0.5, 0.6) is 5.88 Å². The Balaban J connectivity index is 1.28. The number of nitrogens with zero attached hydrogens (tertiary/aromatic N) is 3. The number of aliphatic hydroxyl groups excluding tert-OH is 1. The molecule has 2 aromatic rings. The zero-order valence-corrected chi connectivity index (χ0v) is 20.8. The van der Waals surface area contributed by atoms with Gasteiger partial charge in [-0.1, -0.05) is 24.3 Å². The summed E-state index contributed by atoms with van der Waals surface area (Å²) in [4.78, 5) is 30.9. The zero-order valence-electron chi connectivity index (χ0n) is 20.8. The minimum atomic E-state index is -0.822. The van der Waals surface area contributed by atoms with Crippen molar-refractivity contribution in [3.05, 3.63) is 59.3 Å². The molecule has 0 saturated carbocycles. The highest BCUT2D eigenvalue weighted by molar-refractivity contribution is 5.94. The lowest BCUT2D eigenvalue weighted by molar-refractivity contribution is 0.0498. The summed E-state index contributed by atoms with van der Waals surface area (Å²) in [5, 5.41) is 15.1. The number of fused-ring (bicyclic) bond motifs is 1. The summed E-state index contributed by atoms with van der Waals surface area (Å²) in [6.45, 7) is 5.36. The maximum Gasteiger partial charge on any atom is 0.410 e. The molecule has 1 aromatic heterocycles. The fourth-order valence-corrected chi connectivity index (χ4v) is 4.54. The normalized spacial score (nSPS) is 18.9. The fraction of sp³-hybridized carbons (Fsp3) is 0.500. The van der Waals surface area contributed by atoms with Gasteiger partial charge in [-0.2, -0.15) is 0 Å². The summed E-state index contributed by atoms with van der Waals surface area (Å²) in [5.41, 5.74) is 2.73. The molecule has 2 atom stereocenters. The van der Waals surface area contributed by atoms with Crippen molar-refractivity contribution in [1.82, 2.24) is 20.2 Å². The van der Waals surface area contributed by atoms with E-state index in [0.717, 1.165) is 5.01 Å². The molecule has 4 N–H and O–H groups in total. The van der Waals surface area contributed by atoms with Crippen LogP contribution in [-0.4, -0.2) is 76.0 Å². The van der Waals surface area contributed by atoms with Gasteiger partial charge in [0.2, 0.25) is 5.88 Å². The molecule has 36 heavy (non-hydrogen) atoms. The Morgan fingerprint density at radius 3 is 2.67 bits per heavy atom. The lowest BCUT2D eigenvalue weighted by Gasteiger charge is -2.32. The largest absolute Gasteiger partial charge is 0.474 e. The van der Waals surface area contributed by atoms with Crippen LogP contribution in [-0.2, 0) is 17.7 Å². The number of carbonyl (C=O) groups excluding carboxylic acids is 2. The zero-order chi connectivity index (χ0) is 25.7. The first kappa shape index (κ1) is 25.9. The average Bonchev–Trinajstić information content (AvgIpc) is 2.88. The molecule has 4 rings (SSSR count). The van der Waals surface area contributed by atoms with Crippen LogP contribution in [0.4, 0.5) is 4.79 Å². The number of aromatic nitrogens is 1. The predicted molar refractivity (Wildman–Crippen MR) is 133 cm³/mol. The number of nitrogens with two attached hydrogens (primary N) is 1. The summed E-state index contributed by atoms with van der Waals surface area (Å²) < 4.78 is 11.2. The van der Waals surface area contributed by atoms with Gasteiger partial charge >= 0.3 is 6.09 Å². The Bertz CT molecular complexity index is 1060. The fourth-order valence-electron chi connectivity index (χ4n) is 4.54. The Kier molecular flexibility index (Phi) is 8.40. The first-order valence-corrected chi connectivity index (χ1v) is 12.4. The lowest BCUT2D eigenvalue weighted by Crippen LogP contribution is -2.52. The van der Waals surface area contributed by atoms with Gasteiger partial charge in [0.25, 0.3) is 5.91 Å². The van der Waals surface area contributed by atoms with Crippen LogP contribution in [0, 0.1) is 0 Å². The molecule has 0 aliphatic carbocycles. The topological polar surface area (TPSA) is 130 Å². The molecule has 194 valence electrons. The number of hydrogen-bond donors (Lipinski definition) is 3. The number of amides is 2. The smallest absolute Gasteiger partial charge is 0.410 e. The predicted octanol–water partition coefficient (Wildman–Crippen LogP) is 1.86. The summed E-state index contributed by atoms with van der Waals surface area (Å²) in [7, 11) is 0. The number of piperidine rings is 1. The minimum absolute atomic E-state index is 0.0118. The van der Waals surface area contributed by atoms with Gasteiger partial charge in [-0.3, -0.25) is 9.80 Å². The van der Waals surface area contributed by atoms with Gasteiger partial charge in [0, 0.05) is 56.3 Å². The van der Waals surface area contributed by atoms with Crippen LogP contribution in [0.1, 0.15) is 48.2 Å². The highest BCUT2D eigenvalue weighted by Crippen LogP contribution is 2.21. The van der Waals surface area contributed by atoms with E-state index in [1.54, 1.807) is 17.0 Å². The summed E-state index contributed by atoms with van der Waals surface area (Å²) in [6, 6.07) is 11.0. The van der Waals surface area contributed by atoms with E-state index in [1.165, 1.54) is 17.3 Å². The number of nitrogens with one attached hydrogen (secondary N) is 1. The van der Waals surface area contributed by atoms with E-state index in [2.05, 4.69) is 22.4 Å². The van der Waals surface area contributed by atoms with E-state index >= 15 is 0 Å². The van der Waals surface area contributed by atoms with Crippen molar-refractivity contribution in [2.75, 3.05) is 19.6 Å². The quantitative estimate of drug-likeness (QED) is 0.300. The van der Waals surface area contributed by atoms with Crippen molar-refractivity contribution in [1.29, 1.82) is 0 Å². The van der Waals surface area contributed by atoms with Gasteiger partial charge < -0.3 is 24.8 Å². The second-order valence-corrected chi connectivity index (χ2v) is 9.60. The van der Waals surface area contributed by atoms with Crippen molar-refractivity contribution < 1.29 is 24.2 Å². The molecule has 1 saturated heterocycles. The van der Waals surface area contributed by atoms with E-state index in [-0.39, 0.29) is 30.9 Å². The molecule has 0 unspecified atom stereocenters. The Labute approximate surface area is 211 Å². The van der Waals surface area contributed by atoms with Crippen LogP contribution < -0.4 is 15.9 Å². The van der Waals surface area contributed by atoms with Crippen molar-refractivity contribution in [3.8, 4) is 5.88 Å². The van der Waals surface area contributed by atoms with Gasteiger partial charge in [-0.15, -0.1) is 0 Å². The van der Waals surface area contributed by atoms with Crippen LogP contribution in [0.2, 0.25) is 0 Å². The number of carbonyl (C=O) groups is 2. The van der Waals surface area contributed by atoms with Crippen molar-refractivity contribution in [2.24, 2.45) is 5.84 Å². The molecule has 2 amide bonds. The van der Waals surface area contributed by atoms with E-state index < -0.39 is 12.0 Å². The number of hydrazine groups is 1. The van der Waals surface area contributed by atoms with Gasteiger partial charge in [-0.05, 0) is 37.5 Å². The maximum atomic E-state index is 12.9. The second kappa shape index (κ2) is 11.7. The number of benzene rings is 1. The Morgan fingerprint density at radius 1 is 1.22 bits per heavy atom. The molecule has 2 aliphatic heterocycles. The maximum absolute atomic E-state index is 12.9. The molecular formula is C26H35N5O5. The summed E-state index contributed by atoms with van der Waals surface area (Å²) in [5.74, 6) is 5.94. The number of likely N-dealkylation sites (tertiary alicyclic amines) is 1. The molecule has 10 heteroatoms. The number of pyridine rings is 1. The van der Waals surface area contributed by atoms with Gasteiger partial charge in [0.05, 0.1) is 18.8 Å². The molecule has 0 spiro atoms. The molecular weight excluding hydrogens is 462 g/mol. The van der Waals surface area contributed by atoms with E-state index in [9.17, 15) is 14.7 Å². The van der Waals surface area contributed by atoms with Crippen LogP contribution in [0.15, 0.2) is 42.6 Å². The molecule has 0 radical (unpaired) electrons. The van der Waals surface area contributed by atoms with Gasteiger partial charge in [0.1, 0.15) is 6.10 Å². The van der Waals surface area contributed by atoms with Crippen LogP contribution in [0.3, 0.4) is 0 Å². The van der Waals surface area contributed by atoms with E-state index in [4.69, 9.17) is 15.3 Å². The average molecular weight is 498 g/mol. The third kappa shape index (κ3) is 6.51. The van der Waals surface area contributed by atoms with Gasteiger partial charge in [0.15, 0.2) is 0 Å². The number of hydrogen-bond acceptors (Lipinski definition) is 8. The number of aliphatic hydroxyl groups is 1. The number of ether oxygens (including phenoxy) is 2. The van der Waals surface area contributed by atoms with Crippen LogP contribution >= 0.6 is 0 Å². The lowest BCUT2D eigenvalue weighted by atomic mass is 9.93. The van der Waals surface area contributed by atoms with Crippen molar-refractivity contribution in [3.63, 3.8) is 0 Å². The van der Waals surface area contributed by atoms with Gasteiger partial charge in [-0.25, -0.2) is 15.6 Å². The molecule has 2 aliphatic rings. The van der Waals surface area contributed by atoms with E-state index in [0.29, 0.717) is 50.3 Å². The Hall–Kier alpha value is -3.21. The molecule has 3 heterocycles. The highest BCUT2D eigenvalue weighted by atomic mass is 16.6. The third-order valence-electron chi connectivity index (χ3n) is 6.53. The molecule has 1 fully saturated rings. The molecule has 10 nitrogen and oxygen atoms in total. The second-order valence-electron chi connectivity index (χ2n) is 9.60. The SMILES string of the molecule is CC(C)OC(=O)N1CCC(Oc2cc(C(=O)N(N)C[C@@H](O)[C@@H]3Cc4ccccc4CN3)ccn2)CC1.